The summed E-state index contributed by atoms with van der Waals surface area (Å²) in [7, 11) is 0. The van der Waals surface area contributed by atoms with Crippen molar-refractivity contribution in [1.29, 1.82) is 0 Å². The molecule has 2 aliphatic heterocycles. The van der Waals surface area contributed by atoms with Gasteiger partial charge in [0.25, 0.3) is 0 Å². The fourth-order valence-electron chi connectivity index (χ4n) is 2.99. The van der Waals surface area contributed by atoms with Gasteiger partial charge in [0.1, 0.15) is 0 Å². The lowest BCUT2D eigenvalue weighted by atomic mass is 9.67. The minimum absolute atomic E-state index is 0.497. The molecule has 1 aromatic carbocycles. The summed E-state index contributed by atoms with van der Waals surface area (Å²) >= 11 is 0. The highest BCUT2D eigenvalue weighted by molar-refractivity contribution is 5.15. The van der Waals surface area contributed by atoms with Crippen LogP contribution < -0.4 is 5.73 Å². The van der Waals surface area contributed by atoms with Crippen LogP contribution in [0.25, 0.3) is 0 Å². The first-order chi connectivity index (χ1) is 7.33. The molecule has 2 nitrogen and oxygen atoms in total. The van der Waals surface area contributed by atoms with Gasteiger partial charge in [0.15, 0.2) is 0 Å². The van der Waals surface area contributed by atoms with Crippen molar-refractivity contribution in [3.8, 4) is 0 Å². The normalized spacial score (nSPS) is 34.9. The topological polar surface area (TPSA) is 29.3 Å². The van der Waals surface area contributed by atoms with Gasteiger partial charge in [-0.3, -0.25) is 4.90 Å². The van der Waals surface area contributed by atoms with Crippen molar-refractivity contribution >= 4 is 0 Å². The molecular formula is C13H18N2. The zero-order valence-corrected chi connectivity index (χ0v) is 8.97. The Kier molecular flexibility index (Phi) is 2.26. The maximum Gasteiger partial charge on any atom is 0.0233 e. The van der Waals surface area contributed by atoms with Gasteiger partial charge in [0.2, 0.25) is 0 Å². The first kappa shape index (κ1) is 9.37. The van der Waals surface area contributed by atoms with Crippen LogP contribution in [-0.2, 0) is 6.54 Å². The smallest absolute Gasteiger partial charge is 0.0233 e. The van der Waals surface area contributed by atoms with Gasteiger partial charge in [-0.1, -0.05) is 30.3 Å². The second kappa shape index (κ2) is 3.62. The number of fused-ring (bicyclic) bond motifs is 2. The summed E-state index contributed by atoms with van der Waals surface area (Å²) in [5.74, 6) is 1.54. The number of benzene rings is 1. The first-order valence-corrected chi connectivity index (χ1v) is 5.85. The minimum Gasteiger partial charge on any atom is -0.327 e. The summed E-state index contributed by atoms with van der Waals surface area (Å²) < 4.78 is 0. The van der Waals surface area contributed by atoms with Gasteiger partial charge in [-0.2, -0.15) is 0 Å². The predicted octanol–water partition coefficient (Wildman–Crippen LogP) is 1.47. The van der Waals surface area contributed by atoms with Gasteiger partial charge < -0.3 is 5.73 Å². The Morgan fingerprint density at radius 1 is 1.13 bits per heavy atom. The van der Waals surface area contributed by atoms with Crippen molar-refractivity contribution in [2.75, 3.05) is 13.1 Å². The number of hydrogen-bond donors (Lipinski definition) is 1. The number of nitrogens with two attached hydrogens (primary N) is 1. The summed E-state index contributed by atoms with van der Waals surface area (Å²) in [6.07, 6.45) is 1.37. The van der Waals surface area contributed by atoms with Gasteiger partial charge in [-0.05, 0) is 23.8 Å². The highest BCUT2D eigenvalue weighted by Gasteiger charge is 2.44. The molecule has 0 aromatic heterocycles. The van der Waals surface area contributed by atoms with E-state index >= 15 is 0 Å². The molecular weight excluding hydrogens is 184 g/mol. The summed E-state index contributed by atoms with van der Waals surface area (Å²) in [4.78, 5) is 2.55. The molecule has 3 fully saturated rings. The van der Waals surface area contributed by atoms with Crippen molar-refractivity contribution in [2.45, 2.75) is 19.0 Å². The molecule has 2 saturated heterocycles. The van der Waals surface area contributed by atoms with E-state index in [1.54, 1.807) is 0 Å². The summed E-state index contributed by atoms with van der Waals surface area (Å²) in [6.45, 7) is 3.50. The quantitative estimate of drug-likeness (QED) is 0.787. The number of nitrogens with zero attached hydrogens (tertiary/aromatic N) is 1. The minimum atomic E-state index is 0.497. The molecule has 0 spiro atoms. The number of piperidine rings is 2. The van der Waals surface area contributed by atoms with Gasteiger partial charge in [-0.25, -0.2) is 0 Å². The van der Waals surface area contributed by atoms with Gasteiger partial charge in [0.05, 0.1) is 0 Å². The molecule has 0 amide bonds. The van der Waals surface area contributed by atoms with E-state index in [1.807, 2.05) is 0 Å². The van der Waals surface area contributed by atoms with Crippen LogP contribution in [0.3, 0.4) is 0 Å². The van der Waals surface area contributed by atoms with E-state index in [0.29, 0.717) is 6.04 Å². The predicted molar refractivity (Wildman–Crippen MR) is 61.3 cm³/mol. The zero-order valence-electron chi connectivity index (χ0n) is 8.97. The van der Waals surface area contributed by atoms with Gasteiger partial charge in [0, 0.05) is 25.7 Å². The zero-order chi connectivity index (χ0) is 10.3. The molecule has 2 bridgehead atoms. The van der Waals surface area contributed by atoms with E-state index < -0.39 is 0 Å². The van der Waals surface area contributed by atoms with E-state index in [4.69, 9.17) is 5.73 Å². The van der Waals surface area contributed by atoms with Crippen molar-refractivity contribution < 1.29 is 0 Å². The Labute approximate surface area is 91.1 Å². The van der Waals surface area contributed by atoms with Crippen molar-refractivity contribution in [2.24, 2.45) is 17.6 Å². The lowest BCUT2D eigenvalue weighted by Crippen LogP contribution is -2.61. The largest absolute Gasteiger partial charge is 0.327 e. The second-order valence-corrected chi connectivity index (χ2v) is 5.01. The standard InChI is InChI=1S/C13H18N2/c14-13-11-6-12(13)9-15(8-11)7-10-4-2-1-3-5-10/h1-5,11-13H,6-9,14H2/t11-,12-/m1/s1. The van der Waals surface area contributed by atoms with Crippen molar-refractivity contribution in [3.63, 3.8) is 0 Å². The Morgan fingerprint density at radius 2 is 1.80 bits per heavy atom. The SMILES string of the molecule is NC1[C@@H]2C[C@@H]1CN(Cc1ccccc1)C2. The van der Waals surface area contributed by atoms with Gasteiger partial charge >= 0.3 is 0 Å². The third-order valence-electron chi connectivity index (χ3n) is 3.93. The Bertz CT molecular complexity index is 324. The molecule has 4 rings (SSSR count). The van der Waals surface area contributed by atoms with Gasteiger partial charge in [-0.15, -0.1) is 0 Å². The van der Waals surface area contributed by atoms with E-state index in [-0.39, 0.29) is 0 Å². The molecule has 0 radical (unpaired) electrons. The van der Waals surface area contributed by atoms with Crippen molar-refractivity contribution in [3.05, 3.63) is 35.9 Å². The van der Waals surface area contributed by atoms with Crippen molar-refractivity contribution in [1.82, 2.24) is 4.90 Å². The highest BCUT2D eigenvalue weighted by Crippen LogP contribution is 2.38. The van der Waals surface area contributed by atoms with E-state index in [9.17, 15) is 0 Å². The average Bonchev–Trinajstić information content (AvgIpc) is 2.30. The highest BCUT2D eigenvalue weighted by atomic mass is 15.2. The van der Waals surface area contributed by atoms with Crippen LogP contribution in [0.5, 0.6) is 0 Å². The van der Waals surface area contributed by atoms with Crippen LogP contribution in [0, 0.1) is 11.8 Å². The fourth-order valence-corrected chi connectivity index (χ4v) is 2.99. The molecule has 80 valence electrons. The van der Waals surface area contributed by atoms with Crippen LogP contribution in [0.15, 0.2) is 30.3 Å². The summed E-state index contributed by atoms with van der Waals surface area (Å²) in [6, 6.07) is 11.2. The third-order valence-corrected chi connectivity index (χ3v) is 3.93. The molecule has 0 unspecified atom stereocenters. The first-order valence-electron chi connectivity index (χ1n) is 5.85. The maximum absolute atomic E-state index is 6.06. The Hall–Kier alpha value is -0.860. The molecule has 2 heteroatoms. The van der Waals surface area contributed by atoms with Crippen LogP contribution in [0.1, 0.15) is 12.0 Å². The lowest BCUT2D eigenvalue weighted by Gasteiger charge is -2.52. The number of rotatable bonds is 2. The molecule has 3 aliphatic rings. The van der Waals surface area contributed by atoms with Crippen LogP contribution >= 0.6 is 0 Å². The summed E-state index contributed by atoms with van der Waals surface area (Å²) in [5.41, 5.74) is 7.48. The maximum atomic E-state index is 6.06. The Morgan fingerprint density at radius 3 is 2.40 bits per heavy atom. The molecule has 2 atom stereocenters. The molecule has 1 saturated carbocycles. The fraction of sp³-hybridized carbons (Fsp3) is 0.538. The third kappa shape index (κ3) is 1.68. The van der Waals surface area contributed by atoms with Crippen LogP contribution in [-0.4, -0.2) is 24.0 Å². The van der Waals surface area contributed by atoms with E-state index in [0.717, 1.165) is 18.4 Å². The molecule has 1 aromatic rings. The molecule has 15 heavy (non-hydrogen) atoms. The van der Waals surface area contributed by atoms with E-state index in [1.165, 1.54) is 25.1 Å². The summed E-state index contributed by atoms with van der Waals surface area (Å²) in [5, 5.41) is 0. The number of hydrogen-bond acceptors (Lipinski definition) is 2. The monoisotopic (exact) mass is 202 g/mol. The Balaban J connectivity index is 1.62. The average molecular weight is 202 g/mol. The second-order valence-electron chi connectivity index (χ2n) is 5.01. The molecule has 1 aliphatic carbocycles. The van der Waals surface area contributed by atoms with Crippen LogP contribution in [0.2, 0.25) is 0 Å². The lowest BCUT2D eigenvalue weighted by molar-refractivity contribution is -0.00139. The molecule has 2 heterocycles. The van der Waals surface area contributed by atoms with E-state index in [2.05, 4.69) is 35.2 Å². The van der Waals surface area contributed by atoms with Crippen LogP contribution in [0.4, 0.5) is 0 Å². The molecule has 2 N–H and O–H groups in total.